The number of methoxy groups -OCH3 is 2. The SMILES string of the molecule is COCCCC(O)c1sccc1OC. The zero-order chi connectivity index (χ0) is 10.4. The molecule has 1 heterocycles. The van der Waals surface area contributed by atoms with Crippen molar-refractivity contribution in [3.05, 3.63) is 16.3 Å². The molecule has 0 aromatic carbocycles. The molecule has 1 atom stereocenters. The van der Waals surface area contributed by atoms with Gasteiger partial charge in [0.25, 0.3) is 0 Å². The Labute approximate surface area is 88.3 Å². The van der Waals surface area contributed by atoms with Gasteiger partial charge in [-0.05, 0) is 24.3 Å². The summed E-state index contributed by atoms with van der Waals surface area (Å²) in [6.07, 6.45) is 1.14. The molecule has 1 unspecified atom stereocenters. The van der Waals surface area contributed by atoms with Crippen molar-refractivity contribution < 1.29 is 14.6 Å². The molecule has 4 heteroatoms. The zero-order valence-corrected chi connectivity index (χ0v) is 9.34. The topological polar surface area (TPSA) is 38.7 Å². The van der Waals surface area contributed by atoms with E-state index in [-0.39, 0.29) is 0 Å². The molecule has 0 radical (unpaired) electrons. The van der Waals surface area contributed by atoms with Crippen molar-refractivity contribution in [1.82, 2.24) is 0 Å². The third kappa shape index (κ3) is 2.97. The third-order valence-corrected chi connectivity index (χ3v) is 3.01. The van der Waals surface area contributed by atoms with Crippen LogP contribution in [0.15, 0.2) is 11.4 Å². The van der Waals surface area contributed by atoms with Gasteiger partial charge < -0.3 is 14.6 Å². The zero-order valence-electron chi connectivity index (χ0n) is 8.53. The van der Waals surface area contributed by atoms with E-state index in [1.165, 1.54) is 11.3 Å². The molecule has 0 aliphatic carbocycles. The lowest BCUT2D eigenvalue weighted by Gasteiger charge is -2.10. The van der Waals surface area contributed by atoms with Gasteiger partial charge >= 0.3 is 0 Å². The molecule has 3 nitrogen and oxygen atoms in total. The molecule has 14 heavy (non-hydrogen) atoms. The van der Waals surface area contributed by atoms with Crippen LogP contribution in [-0.4, -0.2) is 25.9 Å². The highest BCUT2D eigenvalue weighted by Gasteiger charge is 2.13. The second kappa shape index (κ2) is 6.01. The summed E-state index contributed by atoms with van der Waals surface area (Å²) in [5.74, 6) is 0.778. The summed E-state index contributed by atoms with van der Waals surface area (Å²) in [5.41, 5.74) is 0. The molecule has 0 aliphatic rings. The molecular formula is C10H16O3S. The Balaban J connectivity index is 2.47. The molecule has 80 valence electrons. The molecule has 1 aromatic heterocycles. The normalized spacial score (nSPS) is 12.8. The molecular weight excluding hydrogens is 200 g/mol. The summed E-state index contributed by atoms with van der Waals surface area (Å²) in [4.78, 5) is 0.906. The fourth-order valence-corrected chi connectivity index (χ4v) is 2.15. The summed E-state index contributed by atoms with van der Waals surface area (Å²) in [5, 5.41) is 11.7. The van der Waals surface area contributed by atoms with E-state index in [1.54, 1.807) is 14.2 Å². The summed E-state index contributed by atoms with van der Waals surface area (Å²) in [7, 11) is 3.28. The minimum Gasteiger partial charge on any atom is -0.495 e. The van der Waals surface area contributed by atoms with Crippen LogP contribution in [0.2, 0.25) is 0 Å². The van der Waals surface area contributed by atoms with Crippen molar-refractivity contribution in [3.63, 3.8) is 0 Å². The maximum absolute atomic E-state index is 9.82. The van der Waals surface area contributed by atoms with Gasteiger partial charge in [0.1, 0.15) is 5.75 Å². The highest BCUT2D eigenvalue weighted by atomic mass is 32.1. The van der Waals surface area contributed by atoms with Gasteiger partial charge in [-0.3, -0.25) is 0 Å². The second-order valence-electron chi connectivity index (χ2n) is 3.00. The number of thiophene rings is 1. The van der Waals surface area contributed by atoms with E-state index in [1.807, 2.05) is 11.4 Å². The van der Waals surface area contributed by atoms with E-state index in [0.717, 1.165) is 17.0 Å². The largest absolute Gasteiger partial charge is 0.495 e. The first kappa shape index (κ1) is 11.5. The predicted molar refractivity (Wildman–Crippen MR) is 56.9 cm³/mol. The predicted octanol–water partition coefficient (Wildman–Crippen LogP) is 2.22. The lowest BCUT2D eigenvalue weighted by molar-refractivity contribution is 0.136. The summed E-state index contributed by atoms with van der Waals surface area (Å²) in [6.45, 7) is 0.685. The standard InChI is InChI=1S/C10H16O3S/c1-12-6-3-4-8(11)10-9(13-2)5-7-14-10/h5,7-8,11H,3-4,6H2,1-2H3. The molecule has 0 saturated heterocycles. The lowest BCUT2D eigenvalue weighted by Crippen LogP contribution is -1.99. The summed E-state index contributed by atoms with van der Waals surface area (Å²) < 4.78 is 10.1. The molecule has 0 spiro atoms. The van der Waals surface area contributed by atoms with E-state index >= 15 is 0 Å². The van der Waals surface area contributed by atoms with E-state index in [0.29, 0.717) is 13.0 Å². The number of ether oxygens (including phenoxy) is 2. The average molecular weight is 216 g/mol. The van der Waals surface area contributed by atoms with Crippen LogP contribution in [0.1, 0.15) is 23.8 Å². The number of aliphatic hydroxyl groups excluding tert-OH is 1. The Kier molecular flexibility index (Phi) is 4.93. The van der Waals surface area contributed by atoms with Crippen LogP contribution < -0.4 is 4.74 Å². The van der Waals surface area contributed by atoms with Crippen LogP contribution in [0.25, 0.3) is 0 Å². The Hall–Kier alpha value is -0.580. The van der Waals surface area contributed by atoms with Gasteiger partial charge in [0, 0.05) is 13.7 Å². The Morgan fingerprint density at radius 1 is 1.50 bits per heavy atom. The number of hydrogen-bond donors (Lipinski definition) is 1. The van der Waals surface area contributed by atoms with Crippen molar-refractivity contribution in [1.29, 1.82) is 0 Å². The first-order valence-corrected chi connectivity index (χ1v) is 5.46. The smallest absolute Gasteiger partial charge is 0.135 e. The van der Waals surface area contributed by atoms with E-state index in [9.17, 15) is 5.11 Å². The molecule has 0 amide bonds. The highest BCUT2D eigenvalue weighted by Crippen LogP contribution is 2.32. The first-order valence-electron chi connectivity index (χ1n) is 4.58. The van der Waals surface area contributed by atoms with Gasteiger partial charge in [0.15, 0.2) is 0 Å². The maximum atomic E-state index is 9.82. The van der Waals surface area contributed by atoms with Gasteiger partial charge in [-0.1, -0.05) is 0 Å². The van der Waals surface area contributed by atoms with Crippen molar-refractivity contribution in [3.8, 4) is 5.75 Å². The van der Waals surface area contributed by atoms with Gasteiger partial charge in [-0.2, -0.15) is 0 Å². The van der Waals surface area contributed by atoms with Gasteiger partial charge in [-0.15, -0.1) is 11.3 Å². The van der Waals surface area contributed by atoms with Crippen LogP contribution in [0.4, 0.5) is 0 Å². The second-order valence-corrected chi connectivity index (χ2v) is 3.95. The van der Waals surface area contributed by atoms with Crippen molar-refractivity contribution in [2.24, 2.45) is 0 Å². The quantitative estimate of drug-likeness (QED) is 0.741. The van der Waals surface area contributed by atoms with Crippen molar-refractivity contribution >= 4 is 11.3 Å². The van der Waals surface area contributed by atoms with E-state index < -0.39 is 6.10 Å². The fourth-order valence-electron chi connectivity index (χ4n) is 1.27. The van der Waals surface area contributed by atoms with Crippen LogP contribution >= 0.6 is 11.3 Å². The summed E-state index contributed by atoms with van der Waals surface area (Å²) in [6, 6.07) is 1.87. The highest BCUT2D eigenvalue weighted by molar-refractivity contribution is 7.10. The molecule has 0 fully saturated rings. The van der Waals surface area contributed by atoms with Gasteiger partial charge in [-0.25, -0.2) is 0 Å². The number of hydrogen-bond acceptors (Lipinski definition) is 4. The number of aliphatic hydroxyl groups is 1. The molecule has 1 rings (SSSR count). The maximum Gasteiger partial charge on any atom is 0.135 e. The van der Waals surface area contributed by atoms with Gasteiger partial charge in [0.2, 0.25) is 0 Å². The van der Waals surface area contributed by atoms with E-state index in [4.69, 9.17) is 9.47 Å². The Morgan fingerprint density at radius 3 is 2.93 bits per heavy atom. The molecule has 0 aliphatic heterocycles. The molecule has 1 N–H and O–H groups in total. The molecule has 0 saturated carbocycles. The number of rotatable bonds is 6. The summed E-state index contributed by atoms with van der Waals surface area (Å²) >= 11 is 1.52. The molecule has 0 bridgehead atoms. The van der Waals surface area contributed by atoms with Crippen molar-refractivity contribution in [2.45, 2.75) is 18.9 Å². The van der Waals surface area contributed by atoms with Crippen LogP contribution in [0, 0.1) is 0 Å². The monoisotopic (exact) mass is 216 g/mol. The Bertz CT molecular complexity index is 260. The van der Waals surface area contributed by atoms with E-state index in [2.05, 4.69) is 0 Å². The van der Waals surface area contributed by atoms with Crippen LogP contribution in [0.5, 0.6) is 5.75 Å². The lowest BCUT2D eigenvalue weighted by atomic mass is 10.1. The minimum absolute atomic E-state index is 0.430. The first-order chi connectivity index (χ1) is 6.79. The Morgan fingerprint density at radius 2 is 2.29 bits per heavy atom. The fraction of sp³-hybridized carbons (Fsp3) is 0.600. The van der Waals surface area contributed by atoms with Crippen LogP contribution in [0.3, 0.4) is 0 Å². The van der Waals surface area contributed by atoms with Crippen molar-refractivity contribution in [2.75, 3.05) is 20.8 Å². The average Bonchev–Trinajstić information content (AvgIpc) is 2.65. The van der Waals surface area contributed by atoms with Gasteiger partial charge in [0.05, 0.1) is 18.1 Å². The minimum atomic E-state index is -0.430. The molecule has 1 aromatic rings. The third-order valence-electron chi connectivity index (χ3n) is 2.01. The van der Waals surface area contributed by atoms with Crippen LogP contribution in [-0.2, 0) is 4.74 Å².